The van der Waals surface area contributed by atoms with Gasteiger partial charge in [-0.25, -0.2) is 4.39 Å². The second-order valence-electron chi connectivity index (χ2n) is 2.65. The summed E-state index contributed by atoms with van der Waals surface area (Å²) in [5, 5.41) is 9.06. The van der Waals surface area contributed by atoms with Crippen LogP contribution in [0.3, 0.4) is 0 Å². The van der Waals surface area contributed by atoms with Gasteiger partial charge in [0.25, 0.3) is 0 Å². The summed E-state index contributed by atoms with van der Waals surface area (Å²) in [7, 11) is 1.26. The van der Waals surface area contributed by atoms with Gasteiger partial charge in [0.05, 0.1) is 13.5 Å². The van der Waals surface area contributed by atoms with Crippen LogP contribution in [0.25, 0.3) is 0 Å². The molecule has 0 aliphatic rings. The molecule has 1 rings (SSSR count). The molecule has 0 unspecified atom stereocenters. The van der Waals surface area contributed by atoms with E-state index in [1.165, 1.54) is 13.2 Å². The Balaban J connectivity index is 2.98. The first kappa shape index (κ1) is 11.0. The predicted molar refractivity (Wildman–Crippen MR) is 51.5 cm³/mol. The molecular weight excluding hydrogens is 255 g/mol. The molecule has 0 saturated carbocycles. The van der Waals surface area contributed by atoms with Crippen LogP contribution in [0.4, 0.5) is 4.39 Å². The molecule has 0 heterocycles. The molecule has 0 saturated heterocycles. The van der Waals surface area contributed by atoms with Gasteiger partial charge < -0.3 is 9.84 Å². The number of phenolic OH excluding ortho intramolecular Hbond substituents is 1. The van der Waals surface area contributed by atoms with Crippen LogP contribution >= 0.6 is 15.9 Å². The number of phenols is 1. The first-order chi connectivity index (χ1) is 6.54. The van der Waals surface area contributed by atoms with Gasteiger partial charge in [-0.2, -0.15) is 0 Å². The molecule has 14 heavy (non-hydrogen) atoms. The van der Waals surface area contributed by atoms with E-state index >= 15 is 0 Å². The first-order valence-electron chi connectivity index (χ1n) is 3.78. The van der Waals surface area contributed by atoms with E-state index in [2.05, 4.69) is 20.7 Å². The van der Waals surface area contributed by atoms with Crippen LogP contribution in [0.5, 0.6) is 5.75 Å². The normalized spacial score (nSPS) is 9.93. The van der Waals surface area contributed by atoms with Crippen molar-refractivity contribution in [2.45, 2.75) is 6.42 Å². The molecule has 5 heteroatoms. The summed E-state index contributed by atoms with van der Waals surface area (Å²) >= 11 is 3.08. The lowest BCUT2D eigenvalue weighted by Gasteiger charge is -2.04. The molecule has 76 valence electrons. The van der Waals surface area contributed by atoms with Gasteiger partial charge in [0, 0.05) is 4.47 Å². The quantitative estimate of drug-likeness (QED) is 0.830. The highest BCUT2D eigenvalue weighted by atomic mass is 79.9. The summed E-state index contributed by atoms with van der Waals surface area (Å²) < 4.78 is 17.7. The summed E-state index contributed by atoms with van der Waals surface area (Å²) in [6.45, 7) is 0. The zero-order valence-corrected chi connectivity index (χ0v) is 8.97. The number of methoxy groups -OCH3 is 1. The van der Waals surface area contributed by atoms with E-state index in [0.29, 0.717) is 10.0 Å². The van der Waals surface area contributed by atoms with Crippen molar-refractivity contribution in [3.63, 3.8) is 0 Å². The Kier molecular flexibility index (Phi) is 3.46. The molecule has 1 N–H and O–H groups in total. The van der Waals surface area contributed by atoms with Crippen molar-refractivity contribution >= 4 is 21.9 Å². The number of carbonyl (C=O) groups is 1. The van der Waals surface area contributed by atoms with Gasteiger partial charge in [-0.1, -0.05) is 15.9 Å². The molecule has 0 aliphatic carbocycles. The second kappa shape index (κ2) is 4.41. The predicted octanol–water partition coefficient (Wildman–Crippen LogP) is 2.01. The lowest BCUT2D eigenvalue weighted by atomic mass is 10.1. The molecule has 0 spiro atoms. The monoisotopic (exact) mass is 262 g/mol. The molecule has 1 aromatic rings. The Hall–Kier alpha value is -1.10. The van der Waals surface area contributed by atoms with Crippen molar-refractivity contribution in [1.29, 1.82) is 0 Å². The van der Waals surface area contributed by atoms with Crippen LogP contribution in [0, 0.1) is 5.82 Å². The lowest BCUT2D eigenvalue weighted by molar-refractivity contribution is -0.139. The Bertz CT molecular complexity index is 365. The van der Waals surface area contributed by atoms with Crippen molar-refractivity contribution < 1.29 is 19.0 Å². The molecule has 0 aliphatic heterocycles. The molecule has 1 aromatic carbocycles. The van der Waals surface area contributed by atoms with E-state index in [-0.39, 0.29) is 6.42 Å². The van der Waals surface area contributed by atoms with Crippen LogP contribution < -0.4 is 0 Å². The van der Waals surface area contributed by atoms with E-state index in [9.17, 15) is 9.18 Å². The van der Waals surface area contributed by atoms with Crippen molar-refractivity contribution in [3.05, 3.63) is 28.0 Å². The van der Waals surface area contributed by atoms with Crippen molar-refractivity contribution in [2.75, 3.05) is 7.11 Å². The number of aromatic hydroxyl groups is 1. The number of esters is 1. The van der Waals surface area contributed by atoms with Crippen molar-refractivity contribution in [2.24, 2.45) is 0 Å². The minimum atomic E-state index is -0.731. The number of ether oxygens (including phenoxy) is 1. The van der Waals surface area contributed by atoms with Crippen LogP contribution in [0.1, 0.15) is 5.56 Å². The molecule has 3 nitrogen and oxygen atoms in total. The summed E-state index contributed by atoms with van der Waals surface area (Å²) in [5.74, 6) is -1.66. The third-order valence-electron chi connectivity index (χ3n) is 1.68. The fraction of sp³-hybridized carbons (Fsp3) is 0.222. The smallest absolute Gasteiger partial charge is 0.310 e. The van der Waals surface area contributed by atoms with E-state index in [1.807, 2.05) is 0 Å². The third kappa shape index (κ3) is 2.45. The average Bonchev–Trinajstić information content (AvgIpc) is 2.14. The zero-order valence-electron chi connectivity index (χ0n) is 7.38. The van der Waals surface area contributed by atoms with Gasteiger partial charge in [0.1, 0.15) is 0 Å². The van der Waals surface area contributed by atoms with Gasteiger partial charge in [-0.3, -0.25) is 4.79 Å². The summed E-state index contributed by atoms with van der Waals surface area (Å²) in [6.07, 6.45) is -0.00900. The minimum Gasteiger partial charge on any atom is -0.505 e. The summed E-state index contributed by atoms with van der Waals surface area (Å²) in [4.78, 5) is 10.9. The topological polar surface area (TPSA) is 46.5 Å². The highest BCUT2D eigenvalue weighted by Crippen LogP contribution is 2.25. The number of hydrogen-bond acceptors (Lipinski definition) is 3. The van der Waals surface area contributed by atoms with E-state index < -0.39 is 17.5 Å². The minimum absolute atomic E-state index is 0.00900. The third-order valence-corrected chi connectivity index (χ3v) is 2.42. The first-order valence-corrected chi connectivity index (χ1v) is 4.57. The Morgan fingerprint density at radius 3 is 2.86 bits per heavy atom. The van der Waals surface area contributed by atoms with Gasteiger partial charge in [-0.15, -0.1) is 0 Å². The average molecular weight is 263 g/mol. The fourth-order valence-corrected chi connectivity index (χ4v) is 1.40. The van der Waals surface area contributed by atoms with Gasteiger partial charge >= 0.3 is 5.97 Å². The molecule has 0 bridgehead atoms. The number of hydrogen-bond donors (Lipinski definition) is 1. The lowest BCUT2D eigenvalue weighted by Crippen LogP contribution is -2.05. The largest absolute Gasteiger partial charge is 0.505 e. The van der Waals surface area contributed by atoms with Gasteiger partial charge in [0.15, 0.2) is 11.6 Å². The van der Waals surface area contributed by atoms with Crippen LogP contribution in [-0.2, 0) is 16.0 Å². The maximum atomic E-state index is 12.8. The molecule has 0 fully saturated rings. The second-order valence-corrected chi connectivity index (χ2v) is 3.50. The maximum absolute atomic E-state index is 12.8. The maximum Gasteiger partial charge on any atom is 0.310 e. The van der Waals surface area contributed by atoms with E-state index in [4.69, 9.17) is 5.11 Å². The van der Waals surface area contributed by atoms with E-state index in [0.717, 1.165) is 6.07 Å². The standard InChI is InChI=1S/C9H8BrFO3/c1-14-9(13)3-5-2-8(12)7(11)4-6(5)10/h2,4,12H,3H2,1H3. The number of benzene rings is 1. The van der Waals surface area contributed by atoms with Crippen LogP contribution in [-0.4, -0.2) is 18.2 Å². The summed E-state index contributed by atoms with van der Waals surface area (Å²) in [5.41, 5.74) is 0.482. The van der Waals surface area contributed by atoms with Crippen molar-refractivity contribution in [1.82, 2.24) is 0 Å². The Labute approximate surface area is 88.6 Å². The number of carbonyl (C=O) groups excluding carboxylic acids is 1. The molecule has 0 atom stereocenters. The zero-order chi connectivity index (χ0) is 10.7. The molecule has 0 aromatic heterocycles. The molecule has 0 radical (unpaired) electrons. The van der Waals surface area contributed by atoms with Gasteiger partial charge in [-0.05, 0) is 17.7 Å². The number of halogens is 2. The van der Waals surface area contributed by atoms with Crippen LogP contribution in [0.2, 0.25) is 0 Å². The van der Waals surface area contributed by atoms with Crippen molar-refractivity contribution in [3.8, 4) is 5.75 Å². The SMILES string of the molecule is COC(=O)Cc1cc(O)c(F)cc1Br. The Morgan fingerprint density at radius 2 is 2.29 bits per heavy atom. The highest BCUT2D eigenvalue weighted by molar-refractivity contribution is 9.10. The number of rotatable bonds is 2. The molecule has 0 amide bonds. The van der Waals surface area contributed by atoms with E-state index in [1.54, 1.807) is 0 Å². The fourth-order valence-electron chi connectivity index (χ4n) is 0.944. The Morgan fingerprint density at radius 1 is 1.64 bits per heavy atom. The van der Waals surface area contributed by atoms with Crippen LogP contribution in [0.15, 0.2) is 16.6 Å². The highest BCUT2D eigenvalue weighted by Gasteiger charge is 2.10. The summed E-state index contributed by atoms with van der Waals surface area (Å²) in [6, 6.07) is 2.30. The van der Waals surface area contributed by atoms with Gasteiger partial charge in [0.2, 0.25) is 0 Å². The molecular formula is C9H8BrFO3.